The maximum atomic E-state index is 12.8. The van der Waals surface area contributed by atoms with Crippen LogP contribution < -0.4 is 11.5 Å². The predicted octanol–water partition coefficient (Wildman–Crippen LogP) is 0.104. The summed E-state index contributed by atoms with van der Waals surface area (Å²) in [5.41, 5.74) is 13.0. The van der Waals surface area contributed by atoms with E-state index in [1.54, 1.807) is 11.0 Å². The van der Waals surface area contributed by atoms with Crippen molar-refractivity contribution in [2.24, 2.45) is 16.5 Å². The van der Waals surface area contributed by atoms with E-state index in [-0.39, 0.29) is 30.7 Å². The molecule has 28 heavy (non-hydrogen) atoms. The molecule has 1 amide bonds. The summed E-state index contributed by atoms with van der Waals surface area (Å²) < 4.78 is 25.7. The third-order valence-corrected chi connectivity index (χ3v) is 7.05. The van der Waals surface area contributed by atoms with Crippen molar-refractivity contribution in [3.63, 3.8) is 0 Å². The number of nitrogens with zero attached hydrogens (tertiary/aromatic N) is 3. The van der Waals surface area contributed by atoms with E-state index in [9.17, 15) is 13.2 Å². The summed E-state index contributed by atoms with van der Waals surface area (Å²) in [4.78, 5) is 20.0. The van der Waals surface area contributed by atoms with Gasteiger partial charge in [-0.3, -0.25) is 14.7 Å². The fourth-order valence-electron chi connectivity index (χ4n) is 3.78. The van der Waals surface area contributed by atoms with Crippen LogP contribution in [0.3, 0.4) is 0 Å². The van der Waals surface area contributed by atoms with Gasteiger partial charge in [-0.15, -0.1) is 0 Å². The zero-order chi connectivity index (χ0) is 20.1. The van der Waals surface area contributed by atoms with Crippen LogP contribution in [-0.4, -0.2) is 68.7 Å². The predicted molar refractivity (Wildman–Crippen MR) is 109 cm³/mol. The minimum absolute atomic E-state index is 0.0119. The minimum Gasteiger partial charge on any atom is -0.370 e. The van der Waals surface area contributed by atoms with Crippen molar-refractivity contribution in [2.75, 3.05) is 38.6 Å². The number of hydrogen-bond acceptors (Lipinski definition) is 5. The molecule has 1 aromatic rings. The molecular weight excluding hydrogens is 378 g/mol. The number of sulfone groups is 1. The van der Waals surface area contributed by atoms with Crippen molar-refractivity contribution in [3.8, 4) is 0 Å². The first-order valence-electron chi connectivity index (χ1n) is 9.75. The van der Waals surface area contributed by atoms with Crippen molar-refractivity contribution in [2.45, 2.75) is 37.0 Å². The number of fused-ring (bicyclic) bond motifs is 1. The van der Waals surface area contributed by atoms with E-state index in [0.29, 0.717) is 31.1 Å². The molecular formula is C19H29N5O3S. The quantitative estimate of drug-likeness (QED) is 0.510. The number of amides is 1. The lowest BCUT2D eigenvalue weighted by molar-refractivity contribution is -0.132. The summed E-state index contributed by atoms with van der Waals surface area (Å²) >= 11 is 0. The molecule has 0 spiro atoms. The Morgan fingerprint density at radius 1 is 1.04 bits per heavy atom. The maximum absolute atomic E-state index is 12.8. The highest BCUT2D eigenvalue weighted by Crippen LogP contribution is 2.25. The fraction of sp³-hybridized carbons (Fsp3) is 0.579. The Morgan fingerprint density at radius 2 is 1.71 bits per heavy atom. The second-order valence-electron chi connectivity index (χ2n) is 7.44. The molecule has 0 saturated carbocycles. The van der Waals surface area contributed by atoms with Crippen molar-refractivity contribution >= 4 is 21.7 Å². The number of carbonyl (C=O) groups excluding carboxylic acids is 1. The number of benzene rings is 1. The molecule has 0 unspecified atom stereocenters. The summed E-state index contributed by atoms with van der Waals surface area (Å²) in [5, 5.41) is 0. The van der Waals surface area contributed by atoms with Crippen LogP contribution in [0.5, 0.6) is 0 Å². The van der Waals surface area contributed by atoms with E-state index in [1.165, 1.54) is 17.5 Å². The Morgan fingerprint density at radius 3 is 2.39 bits per heavy atom. The van der Waals surface area contributed by atoms with Gasteiger partial charge >= 0.3 is 0 Å². The second kappa shape index (κ2) is 8.91. The first-order valence-corrected chi connectivity index (χ1v) is 11.4. The van der Waals surface area contributed by atoms with E-state index in [2.05, 4.69) is 4.99 Å². The van der Waals surface area contributed by atoms with Gasteiger partial charge in [0.2, 0.25) is 5.91 Å². The highest BCUT2D eigenvalue weighted by molar-refractivity contribution is 7.91. The van der Waals surface area contributed by atoms with Crippen LogP contribution in [0.2, 0.25) is 0 Å². The Balaban J connectivity index is 1.54. The monoisotopic (exact) mass is 407 g/mol. The summed E-state index contributed by atoms with van der Waals surface area (Å²) in [6, 6.07) is 5.56. The summed E-state index contributed by atoms with van der Waals surface area (Å²) in [6.45, 7) is 2.38. The van der Waals surface area contributed by atoms with Gasteiger partial charge in [-0.1, -0.05) is 6.07 Å². The summed E-state index contributed by atoms with van der Waals surface area (Å²) in [5.74, 6) is -0.0471. The number of nitrogens with two attached hydrogens (primary N) is 2. The molecule has 1 heterocycles. The van der Waals surface area contributed by atoms with Crippen LogP contribution in [0.4, 0.5) is 0 Å². The number of guanidine groups is 1. The number of aryl methyl sites for hydroxylation is 2. The number of carbonyl (C=O) groups is 1. The molecule has 0 aromatic heterocycles. The van der Waals surface area contributed by atoms with E-state index in [1.807, 2.05) is 17.0 Å². The molecule has 1 aliphatic heterocycles. The molecule has 0 radical (unpaired) electrons. The van der Waals surface area contributed by atoms with Gasteiger partial charge in [0.1, 0.15) is 5.88 Å². The summed E-state index contributed by atoms with van der Waals surface area (Å²) in [7, 11) is -3.38. The molecule has 0 bridgehead atoms. The topological polar surface area (TPSA) is 122 Å². The molecule has 8 nitrogen and oxygen atoms in total. The Labute approximate surface area is 166 Å². The largest absolute Gasteiger partial charge is 0.370 e. The third-order valence-electron chi connectivity index (χ3n) is 5.38. The lowest BCUT2D eigenvalue weighted by Gasteiger charge is -2.34. The number of hydrogen-bond donors (Lipinski definition) is 2. The fourth-order valence-corrected chi connectivity index (χ4v) is 5.27. The van der Waals surface area contributed by atoms with Gasteiger partial charge in [0, 0.05) is 32.6 Å². The highest BCUT2D eigenvalue weighted by Gasteiger charge is 2.26. The van der Waals surface area contributed by atoms with Crippen molar-refractivity contribution in [1.29, 1.82) is 0 Å². The molecule has 1 saturated heterocycles. The second-order valence-corrected chi connectivity index (χ2v) is 9.40. The van der Waals surface area contributed by atoms with E-state index in [0.717, 1.165) is 19.3 Å². The van der Waals surface area contributed by atoms with E-state index >= 15 is 0 Å². The van der Waals surface area contributed by atoms with Gasteiger partial charge in [0.05, 0.1) is 11.4 Å². The molecule has 1 aromatic carbocycles. The molecule has 2 aliphatic rings. The standard InChI is InChI=1S/C19H29N5O3S/c20-19(21)22-8-7-18(25)24-11-9-23(10-12-24)14-28(26,27)17-6-5-15-3-1-2-4-16(15)13-17/h5-6,13H,1-4,7-12,14H2,(H4,20,21,22). The average molecular weight is 408 g/mol. The van der Waals surface area contributed by atoms with Crippen LogP contribution in [0, 0.1) is 0 Å². The summed E-state index contributed by atoms with van der Waals surface area (Å²) in [6.07, 6.45) is 4.54. The number of aliphatic imine (C=N–C) groups is 1. The van der Waals surface area contributed by atoms with Crippen molar-refractivity contribution < 1.29 is 13.2 Å². The number of rotatable bonds is 6. The minimum atomic E-state index is -3.38. The Bertz CT molecular complexity index is 841. The molecule has 1 fully saturated rings. The first kappa shape index (κ1) is 20.6. The smallest absolute Gasteiger partial charge is 0.224 e. The van der Waals surface area contributed by atoms with Crippen molar-refractivity contribution in [1.82, 2.24) is 9.80 Å². The van der Waals surface area contributed by atoms with E-state index in [4.69, 9.17) is 11.5 Å². The molecule has 154 valence electrons. The SMILES string of the molecule is NC(N)=NCCC(=O)N1CCN(CS(=O)(=O)c2ccc3c(c2)CCCC3)CC1. The lowest BCUT2D eigenvalue weighted by Crippen LogP contribution is -2.50. The van der Waals surface area contributed by atoms with Gasteiger partial charge in [-0.25, -0.2) is 8.42 Å². The Hall–Kier alpha value is -2.13. The van der Waals surface area contributed by atoms with Gasteiger partial charge in [-0.2, -0.15) is 0 Å². The molecule has 3 rings (SSSR count). The zero-order valence-corrected chi connectivity index (χ0v) is 17.0. The van der Waals surface area contributed by atoms with Crippen LogP contribution in [0.1, 0.15) is 30.4 Å². The normalized spacial score (nSPS) is 17.8. The first-order chi connectivity index (χ1) is 13.3. The molecule has 9 heteroatoms. The average Bonchev–Trinajstić information content (AvgIpc) is 2.67. The Kier molecular flexibility index (Phi) is 6.56. The van der Waals surface area contributed by atoms with Gasteiger partial charge in [0.15, 0.2) is 15.8 Å². The van der Waals surface area contributed by atoms with Crippen LogP contribution in [0.15, 0.2) is 28.1 Å². The lowest BCUT2D eigenvalue weighted by atomic mass is 9.92. The number of piperazine rings is 1. The van der Waals surface area contributed by atoms with E-state index < -0.39 is 9.84 Å². The van der Waals surface area contributed by atoms with Gasteiger partial charge in [0.25, 0.3) is 0 Å². The molecule has 1 aliphatic carbocycles. The highest BCUT2D eigenvalue weighted by atomic mass is 32.2. The van der Waals surface area contributed by atoms with Crippen LogP contribution in [0.25, 0.3) is 0 Å². The molecule has 0 atom stereocenters. The van der Waals surface area contributed by atoms with Crippen LogP contribution >= 0.6 is 0 Å². The third kappa shape index (κ3) is 5.23. The van der Waals surface area contributed by atoms with Crippen molar-refractivity contribution in [3.05, 3.63) is 29.3 Å². The van der Waals surface area contributed by atoms with Gasteiger partial charge < -0.3 is 16.4 Å². The zero-order valence-electron chi connectivity index (χ0n) is 16.1. The molecule has 4 N–H and O–H groups in total. The maximum Gasteiger partial charge on any atom is 0.224 e. The van der Waals surface area contributed by atoms with Crippen LogP contribution in [-0.2, 0) is 27.5 Å². The van der Waals surface area contributed by atoms with Gasteiger partial charge in [-0.05, 0) is 48.9 Å².